The highest BCUT2D eigenvalue weighted by atomic mass is 79.9. The van der Waals surface area contributed by atoms with Crippen molar-refractivity contribution in [1.29, 1.82) is 0 Å². The minimum Gasteiger partial charge on any atom is -0.495 e. The highest BCUT2D eigenvalue weighted by molar-refractivity contribution is 9.10. The van der Waals surface area contributed by atoms with Crippen LogP contribution in [0.4, 0.5) is 11.4 Å². The predicted molar refractivity (Wildman–Crippen MR) is 164 cm³/mol. The molecule has 12 heteroatoms. The van der Waals surface area contributed by atoms with Crippen LogP contribution in [0.25, 0.3) is 0 Å². The number of hydrazone groups is 1. The van der Waals surface area contributed by atoms with Crippen LogP contribution in [0.3, 0.4) is 0 Å². The molecular weight excluding hydrogens is 624 g/mol. The third kappa shape index (κ3) is 8.18. The van der Waals surface area contributed by atoms with E-state index in [1.807, 2.05) is 0 Å². The summed E-state index contributed by atoms with van der Waals surface area (Å²) in [6.45, 7) is -0.692. The zero-order valence-corrected chi connectivity index (χ0v) is 24.8. The molecule has 4 rings (SSSR count). The zero-order valence-electron chi connectivity index (χ0n) is 22.4. The van der Waals surface area contributed by atoms with Gasteiger partial charge in [-0.15, -0.1) is 0 Å². The van der Waals surface area contributed by atoms with Gasteiger partial charge in [0.1, 0.15) is 18.0 Å². The number of methoxy groups -OCH3 is 1. The second-order valence-corrected chi connectivity index (χ2v) is 11.5. The summed E-state index contributed by atoms with van der Waals surface area (Å²) in [7, 11) is -2.50. The van der Waals surface area contributed by atoms with E-state index in [4.69, 9.17) is 9.47 Å². The summed E-state index contributed by atoms with van der Waals surface area (Å²) < 4.78 is 39.3. The molecule has 4 aromatic rings. The first-order valence-corrected chi connectivity index (χ1v) is 14.8. The van der Waals surface area contributed by atoms with E-state index in [1.54, 1.807) is 91.0 Å². The molecule has 0 saturated heterocycles. The standard InChI is InChI=1S/C30H27BrN4O6S/c1-40-28-10-6-5-9-27(28)33-30(37)21-41-25-17-11-22(12-18-25)19-32-34-29(36)20-35(24-15-13-23(31)14-16-24)42(38,39)26-7-3-2-4-8-26/h2-19H,20-21H2,1H3,(H,33,37)(H,34,36)/b32-19-. The number of sulfonamides is 1. The molecule has 10 nitrogen and oxygen atoms in total. The number of benzene rings is 4. The van der Waals surface area contributed by atoms with Crippen LogP contribution >= 0.6 is 15.9 Å². The van der Waals surface area contributed by atoms with E-state index in [0.717, 1.165) is 8.78 Å². The number of anilines is 2. The maximum atomic E-state index is 13.3. The Bertz CT molecular complexity index is 1650. The molecule has 0 bridgehead atoms. The van der Waals surface area contributed by atoms with Gasteiger partial charge in [0.2, 0.25) is 0 Å². The number of ether oxygens (including phenoxy) is 2. The number of halogens is 1. The number of nitrogens with zero attached hydrogens (tertiary/aromatic N) is 2. The molecule has 0 saturated carbocycles. The molecule has 216 valence electrons. The van der Waals surface area contributed by atoms with E-state index in [9.17, 15) is 18.0 Å². The summed E-state index contributed by atoms with van der Waals surface area (Å²) >= 11 is 3.34. The van der Waals surface area contributed by atoms with E-state index in [1.165, 1.54) is 25.5 Å². The number of hydrogen-bond donors (Lipinski definition) is 2. The minimum absolute atomic E-state index is 0.0591. The van der Waals surface area contributed by atoms with Gasteiger partial charge in [-0.05, 0) is 78.4 Å². The third-order valence-electron chi connectivity index (χ3n) is 5.77. The van der Waals surface area contributed by atoms with Crippen LogP contribution in [0, 0.1) is 0 Å². The number of para-hydroxylation sites is 2. The Hall–Kier alpha value is -4.68. The molecule has 2 amide bonds. The van der Waals surface area contributed by atoms with Gasteiger partial charge >= 0.3 is 0 Å². The topological polar surface area (TPSA) is 126 Å². The van der Waals surface area contributed by atoms with Crippen LogP contribution in [-0.2, 0) is 19.6 Å². The van der Waals surface area contributed by atoms with E-state index in [0.29, 0.717) is 28.4 Å². The Morgan fingerprint density at radius 1 is 0.881 bits per heavy atom. The van der Waals surface area contributed by atoms with Crippen molar-refractivity contribution in [2.45, 2.75) is 4.90 Å². The molecule has 42 heavy (non-hydrogen) atoms. The average Bonchev–Trinajstić information content (AvgIpc) is 3.00. The first-order valence-electron chi connectivity index (χ1n) is 12.6. The molecule has 4 aromatic carbocycles. The first-order chi connectivity index (χ1) is 20.3. The maximum absolute atomic E-state index is 13.3. The molecule has 0 aliphatic rings. The molecule has 0 aliphatic heterocycles. The molecule has 0 unspecified atom stereocenters. The maximum Gasteiger partial charge on any atom is 0.264 e. The summed E-state index contributed by atoms with van der Waals surface area (Å²) in [4.78, 5) is 25.0. The van der Waals surface area contributed by atoms with Gasteiger partial charge in [-0.2, -0.15) is 5.10 Å². The summed E-state index contributed by atoms with van der Waals surface area (Å²) in [5, 5.41) is 6.69. The van der Waals surface area contributed by atoms with Gasteiger partial charge in [0.05, 0.1) is 29.6 Å². The number of rotatable bonds is 12. The fourth-order valence-electron chi connectivity index (χ4n) is 3.72. The van der Waals surface area contributed by atoms with Crippen molar-refractivity contribution in [2.75, 3.05) is 29.9 Å². The van der Waals surface area contributed by atoms with Crippen molar-refractivity contribution >= 4 is 55.4 Å². The van der Waals surface area contributed by atoms with E-state index in [2.05, 4.69) is 31.8 Å². The van der Waals surface area contributed by atoms with Gasteiger partial charge in [0.25, 0.3) is 21.8 Å². The quantitative estimate of drug-likeness (QED) is 0.167. The average molecular weight is 652 g/mol. The summed E-state index contributed by atoms with van der Waals surface area (Å²) in [6, 6.07) is 28.2. The third-order valence-corrected chi connectivity index (χ3v) is 8.08. The van der Waals surface area contributed by atoms with E-state index < -0.39 is 22.5 Å². The van der Waals surface area contributed by atoms with Gasteiger partial charge in [0.15, 0.2) is 6.61 Å². The SMILES string of the molecule is COc1ccccc1NC(=O)COc1ccc(/C=N\NC(=O)CN(c2ccc(Br)cc2)S(=O)(=O)c2ccccc2)cc1. The molecule has 0 atom stereocenters. The smallest absolute Gasteiger partial charge is 0.264 e. The highest BCUT2D eigenvalue weighted by Crippen LogP contribution is 2.25. The van der Waals surface area contributed by atoms with Crippen LogP contribution in [0.2, 0.25) is 0 Å². The van der Waals surface area contributed by atoms with Crippen molar-refractivity contribution in [3.8, 4) is 11.5 Å². The summed E-state index contributed by atoms with van der Waals surface area (Å²) in [5.41, 5.74) is 3.88. The van der Waals surface area contributed by atoms with Gasteiger partial charge in [0, 0.05) is 4.47 Å². The van der Waals surface area contributed by atoms with E-state index >= 15 is 0 Å². The van der Waals surface area contributed by atoms with Crippen LogP contribution in [0.5, 0.6) is 11.5 Å². The molecule has 0 aromatic heterocycles. The first kappa shape index (κ1) is 30.3. The molecule has 0 spiro atoms. The van der Waals surface area contributed by atoms with Crippen LogP contribution in [0.1, 0.15) is 5.56 Å². The van der Waals surface area contributed by atoms with Crippen molar-refractivity contribution in [3.05, 3.63) is 113 Å². The van der Waals surface area contributed by atoms with Crippen LogP contribution < -0.4 is 24.5 Å². The van der Waals surface area contributed by atoms with Crippen molar-refractivity contribution < 1.29 is 27.5 Å². The number of hydrogen-bond acceptors (Lipinski definition) is 7. The highest BCUT2D eigenvalue weighted by Gasteiger charge is 2.27. The molecule has 0 heterocycles. The number of carbonyl (C=O) groups is 2. The lowest BCUT2D eigenvalue weighted by Crippen LogP contribution is -2.39. The lowest BCUT2D eigenvalue weighted by molar-refractivity contribution is -0.119. The largest absolute Gasteiger partial charge is 0.495 e. The Morgan fingerprint density at radius 3 is 2.24 bits per heavy atom. The fourth-order valence-corrected chi connectivity index (χ4v) is 5.43. The number of carbonyl (C=O) groups excluding carboxylic acids is 2. The monoisotopic (exact) mass is 650 g/mol. The lowest BCUT2D eigenvalue weighted by atomic mass is 10.2. The van der Waals surface area contributed by atoms with Gasteiger partial charge in [-0.1, -0.05) is 46.3 Å². The van der Waals surface area contributed by atoms with Gasteiger partial charge in [-0.25, -0.2) is 13.8 Å². The lowest BCUT2D eigenvalue weighted by Gasteiger charge is -2.23. The normalized spacial score (nSPS) is 11.1. The Kier molecular flexibility index (Phi) is 10.3. The Labute approximate surface area is 252 Å². The predicted octanol–water partition coefficient (Wildman–Crippen LogP) is 4.82. The Morgan fingerprint density at radius 2 is 1.55 bits per heavy atom. The molecule has 0 radical (unpaired) electrons. The van der Waals surface area contributed by atoms with Crippen LogP contribution in [0.15, 0.2) is 118 Å². The zero-order chi connectivity index (χ0) is 30.0. The van der Waals surface area contributed by atoms with Gasteiger partial charge < -0.3 is 14.8 Å². The fraction of sp³-hybridized carbons (Fsp3) is 0.100. The van der Waals surface area contributed by atoms with Gasteiger partial charge in [-0.3, -0.25) is 13.9 Å². The van der Waals surface area contributed by atoms with Crippen molar-refractivity contribution in [2.24, 2.45) is 5.10 Å². The molecule has 2 N–H and O–H groups in total. The second kappa shape index (κ2) is 14.3. The van der Waals surface area contributed by atoms with Crippen LogP contribution in [-0.4, -0.2) is 46.7 Å². The molecule has 0 fully saturated rings. The molecular formula is C30H27BrN4O6S. The molecule has 0 aliphatic carbocycles. The summed E-state index contributed by atoms with van der Waals surface area (Å²) in [6.07, 6.45) is 1.41. The van der Waals surface area contributed by atoms with Crippen molar-refractivity contribution in [3.63, 3.8) is 0 Å². The van der Waals surface area contributed by atoms with E-state index in [-0.39, 0.29) is 17.4 Å². The second-order valence-electron chi connectivity index (χ2n) is 8.70. The number of amides is 2. The van der Waals surface area contributed by atoms with Crippen molar-refractivity contribution in [1.82, 2.24) is 5.43 Å². The number of nitrogens with one attached hydrogen (secondary N) is 2. The minimum atomic E-state index is -4.02. The Balaban J connectivity index is 1.33. The summed E-state index contributed by atoms with van der Waals surface area (Å²) in [5.74, 6) is 0.0250.